The molecule has 0 radical (unpaired) electrons. The zero-order chi connectivity index (χ0) is 20.8. The van der Waals surface area contributed by atoms with E-state index in [4.69, 9.17) is 4.42 Å². The Morgan fingerprint density at radius 1 is 0.677 bits per heavy atom. The van der Waals surface area contributed by atoms with E-state index in [9.17, 15) is 5.26 Å². The van der Waals surface area contributed by atoms with E-state index in [0.717, 1.165) is 55.1 Å². The smallest absolute Gasteiger partial charge is 0.136 e. The van der Waals surface area contributed by atoms with Crippen molar-refractivity contribution in [2.45, 2.75) is 0 Å². The third-order valence-corrected chi connectivity index (χ3v) is 5.75. The van der Waals surface area contributed by atoms with E-state index in [1.807, 2.05) is 42.5 Å². The lowest BCUT2D eigenvalue weighted by Crippen LogP contribution is -1.87. The Balaban J connectivity index is 1.66. The van der Waals surface area contributed by atoms with Crippen molar-refractivity contribution >= 4 is 32.7 Å². The van der Waals surface area contributed by atoms with Gasteiger partial charge in [-0.3, -0.25) is 4.98 Å². The predicted octanol–water partition coefficient (Wildman–Crippen LogP) is 7.34. The van der Waals surface area contributed by atoms with Crippen LogP contribution in [-0.4, -0.2) is 4.98 Å². The van der Waals surface area contributed by atoms with Crippen LogP contribution in [-0.2, 0) is 0 Å². The van der Waals surface area contributed by atoms with Gasteiger partial charge >= 0.3 is 0 Å². The van der Waals surface area contributed by atoms with Gasteiger partial charge in [0, 0.05) is 22.5 Å². The standard InChI is InChI=1S/C28H16N2O/c29-17-18-12-13-30-25(14-18)24-16-27-28(22-9-5-4-8-21(22)24)23-11-10-20(15-26(23)31-27)19-6-2-1-3-7-19/h1-16H. The summed E-state index contributed by atoms with van der Waals surface area (Å²) < 4.78 is 6.35. The molecular weight excluding hydrogens is 380 g/mol. The van der Waals surface area contributed by atoms with Crippen molar-refractivity contribution in [1.29, 1.82) is 5.26 Å². The highest BCUT2D eigenvalue weighted by Crippen LogP contribution is 2.40. The highest BCUT2D eigenvalue weighted by molar-refractivity contribution is 6.22. The molecule has 0 aliphatic heterocycles. The van der Waals surface area contributed by atoms with Crippen molar-refractivity contribution in [3.05, 3.63) is 103 Å². The molecule has 0 fully saturated rings. The molecule has 0 atom stereocenters. The fourth-order valence-corrected chi connectivity index (χ4v) is 4.31. The normalized spacial score (nSPS) is 11.2. The Kier molecular flexibility index (Phi) is 3.84. The Morgan fingerprint density at radius 2 is 1.48 bits per heavy atom. The van der Waals surface area contributed by atoms with Gasteiger partial charge in [0.25, 0.3) is 0 Å². The highest BCUT2D eigenvalue weighted by Gasteiger charge is 2.16. The van der Waals surface area contributed by atoms with Gasteiger partial charge in [-0.15, -0.1) is 0 Å². The van der Waals surface area contributed by atoms with Crippen LogP contribution in [0.1, 0.15) is 5.56 Å². The van der Waals surface area contributed by atoms with Crippen LogP contribution < -0.4 is 0 Å². The molecule has 31 heavy (non-hydrogen) atoms. The lowest BCUT2D eigenvalue weighted by molar-refractivity contribution is 0.669. The quantitative estimate of drug-likeness (QED) is 0.308. The average Bonchev–Trinajstić information content (AvgIpc) is 3.22. The zero-order valence-corrected chi connectivity index (χ0v) is 16.5. The summed E-state index contributed by atoms with van der Waals surface area (Å²) in [5, 5.41) is 13.7. The van der Waals surface area contributed by atoms with E-state index in [0.29, 0.717) is 5.56 Å². The summed E-state index contributed by atoms with van der Waals surface area (Å²) in [6.45, 7) is 0. The molecule has 0 spiro atoms. The lowest BCUT2D eigenvalue weighted by Gasteiger charge is -2.08. The molecule has 0 saturated carbocycles. The average molecular weight is 396 g/mol. The van der Waals surface area contributed by atoms with Gasteiger partial charge in [0.2, 0.25) is 0 Å². The van der Waals surface area contributed by atoms with E-state index in [2.05, 4.69) is 53.5 Å². The molecule has 0 saturated heterocycles. The van der Waals surface area contributed by atoms with E-state index in [-0.39, 0.29) is 0 Å². The van der Waals surface area contributed by atoms with Crippen LogP contribution in [0.3, 0.4) is 0 Å². The second-order valence-electron chi connectivity index (χ2n) is 7.56. The fourth-order valence-electron chi connectivity index (χ4n) is 4.31. The van der Waals surface area contributed by atoms with Gasteiger partial charge in [0.05, 0.1) is 17.3 Å². The first kappa shape index (κ1) is 17.4. The molecule has 0 amide bonds. The largest absolute Gasteiger partial charge is 0.456 e. The number of aromatic nitrogens is 1. The van der Waals surface area contributed by atoms with Crippen LogP contribution in [0.2, 0.25) is 0 Å². The van der Waals surface area contributed by atoms with Crippen molar-refractivity contribution in [1.82, 2.24) is 4.98 Å². The van der Waals surface area contributed by atoms with E-state index < -0.39 is 0 Å². The molecule has 0 aliphatic carbocycles. The molecule has 3 heteroatoms. The number of benzene rings is 4. The molecule has 3 nitrogen and oxygen atoms in total. The van der Waals surface area contributed by atoms with Gasteiger partial charge in [-0.1, -0.05) is 60.7 Å². The van der Waals surface area contributed by atoms with Crippen LogP contribution in [0.25, 0.3) is 55.1 Å². The summed E-state index contributed by atoms with van der Waals surface area (Å²) in [5.74, 6) is 0. The lowest BCUT2D eigenvalue weighted by atomic mass is 9.96. The maximum atomic E-state index is 9.31. The summed E-state index contributed by atoms with van der Waals surface area (Å²) in [6, 6.07) is 32.8. The molecule has 2 aromatic heterocycles. The zero-order valence-electron chi connectivity index (χ0n) is 16.5. The van der Waals surface area contributed by atoms with Crippen LogP contribution in [0.5, 0.6) is 0 Å². The maximum Gasteiger partial charge on any atom is 0.136 e. The van der Waals surface area contributed by atoms with Gasteiger partial charge in [0.15, 0.2) is 0 Å². The Bertz CT molecular complexity index is 1640. The van der Waals surface area contributed by atoms with Crippen LogP contribution >= 0.6 is 0 Å². The number of nitrogens with zero attached hydrogens (tertiary/aromatic N) is 2. The molecule has 4 aromatic carbocycles. The number of furan rings is 1. The molecule has 0 aliphatic rings. The van der Waals surface area contributed by atoms with Crippen molar-refractivity contribution in [3.8, 4) is 28.5 Å². The number of pyridine rings is 1. The van der Waals surface area contributed by atoms with E-state index in [1.165, 1.54) is 0 Å². The van der Waals surface area contributed by atoms with E-state index >= 15 is 0 Å². The summed E-state index contributed by atoms with van der Waals surface area (Å²) in [7, 11) is 0. The minimum atomic E-state index is 0.589. The monoisotopic (exact) mass is 396 g/mol. The van der Waals surface area contributed by atoms with Crippen molar-refractivity contribution in [2.75, 3.05) is 0 Å². The fraction of sp³-hybridized carbons (Fsp3) is 0. The first-order valence-corrected chi connectivity index (χ1v) is 10.1. The topological polar surface area (TPSA) is 49.8 Å². The molecule has 0 unspecified atom stereocenters. The van der Waals surface area contributed by atoms with Gasteiger partial charge in [-0.2, -0.15) is 5.26 Å². The molecule has 6 aromatic rings. The van der Waals surface area contributed by atoms with Crippen molar-refractivity contribution in [3.63, 3.8) is 0 Å². The van der Waals surface area contributed by atoms with Crippen molar-refractivity contribution in [2.24, 2.45) is 0 Å². The molecule has 0 N–H and O–H groups in total. The molecular formula is C28H16N2O. The summed E-state index contributed by atoms with van der Waals surface area (Å²) in [4.78, 5) is 4.53. The predicted molar refractivity (Wildman–Crippen MR) is 125 cm³/mol. The third-order valence-electron chi connectivity index (χ3n) is 5.75. The summed E-state index contributed by atoms with van der Waals surface area (Å²) in [6.07, 6.45) is 1.68. The molecule has 0 bridgehead atoms. The maximum absolute atomic E-state index is 9.31. The number of fused-ring (bicyclic) bond motifs is 5. The van der Waals surface area contributed by atoms with Crippen LogP contribution in [0.4, 0.5) is 0 Å². The molecule has 2 heterocycles. The third kappa shape index (κ3) is 2.78. The molecule has 6 rings (SSSR count). The van der Waals surface area contributed by atoms with E-state index in [1.54, 1.807) is 12.3 Å². The first-order chi connectivity index (χ1) is 15.3. The second kappa shape index (κ2) is 6.83. The number of rotatable bonds is 2. The number of hydrogen-bond donors (Lipinski definition) is 0. The SMILES string of the molecule is N#Cc1ccnc(-c2cc3oc4cc(-c5ccccc5)ccc4c3c3ccccc23)c1. The van der Waals surface area contributed by atoms with Crippen LogP contribution in [0.15, 0.2) is 102 Å². The Morgan fingerprint density at radius 3 is 2.32 bits per heavy atom. The molecule has 144 valence electrons. The van der Waals surface area contributed by atoms with Gasteiger partial charge < -0.3 is 4.42 Å². The van der Waals surface area contributed by atoms with Gasteiger partial charge in [-0.25, -0.2) is 0 Å². The summed E-state index contributed by atoms with van der Waals surface area (Å²) >= 11 is 0. The van der Waals surface area contributed by atoms with Gasteiger partial charge in [-0.05, 0) is 52.2 Å². The Labute approximate surface area is 178 Å². The Hall–Kier alpha value is -4.42. The minimum absolute atomic E-state index is 0.589. The number of hydrogen-bond acceptors (Lipinski definition) is 3. The van der Waals surface area contributed by atoms with Gasteiger partial charge in [0.1, 0.15) is 11.2 Å². The highest BCUT2D eigenvalue weighted by atomic mass is 16.3. The minimum Gasteiger partial charge on any atom is -0.456 e. The first-order valence-electron chi connectivity index (χ1n) is 10.1. The second-order valence-corrected chi connectivity index (χ2v) is 7.56. The van der Waals surface area contributed by atoms with Crippen LogP contribution in [0, 0.1) is 11.3 Å². The van der Waals surface area contributed by atoms with Crippen molar-refractivity contribution < 1.29 is 4.42 Å². The number of nitriles is 1. The summed E-state index contributed by atoms with van der Waals surface area (Å²) in [5.41, 5.74) is 6.28.